The molecule has 3 unspecified atom stereocenters. The van der Waals surface area contributed by atoms with Crippen molar-refractivity contribution in [1.82, 2.24) is 4.90 Å². The summed E-state index contributed by atoms with van der Waals surface area (Å²) in [6.07, 6.45) is 2.71. The Morgan fingerprint density at radius 3 is 2.88 bits per heavy atom. The fourth-order valence-corrected chi connectivity index (χ4v) is 2.39. The van der Waals surface area contributed by atoms with E-state index in [0.29, 0.717) is 26.3 Å². The molecule has 2 aliphatic rings. The van der Waals surface area contributed by atoms with E-state index in [-0.39, 0.29) is 24.2 Å². The van der Waals surface area contributed by atoms with Crippen LogP contribution in [-0.4, -0.2) is 55.4 Å². The van der Waals surface area contributed by atoms with E-state index >= 15 is 0 Å². The molecule has 0 aromatic heterocycles. The first-order valence-electron chi connectivity index (χ1n) is 6.46. The Hall–Kier alpha value is -0.650. The van der Waals surface area contributed by atoms with Crippen molar-refractivity contribution in [3.05, 3.63) is 0 Å². The fraction of sp³-hybridized carbons (Fsp3) is 0.917. The largest absolute Gasteiger partial charge is 0.373 e. The number of nitrogens with two attached hydrogens (primary N) is 1. The topological polar surface area (TPSA) is 64.8 Å². The number of hydrogen-bond donors (Lipinski definition) is 1. The summed E-state index contributed by atoms with van der Waals surface area (Å²) >= 11 is 0. The normalized spacial score (nSPS) is 34.7. The van der Waals surface area contributed by atoms with E-state index in [2.05, 4.69) is 0 Å². The van der Waals surface area contributed by atoms with E-state index in [0.717, 1.165) is 19.3 Å². The van der Waals surface area contributed by atoms with Gasteiger partial charge in [-0.1, -0.05) is 0 Å². The van der Waals surface area contributed by atoms with E-state index in [1.54, 1.807) is 0 Å². The van der Waals surface area contributed by atoms with Gasteiger partial charge < -0.3 is 20.1 Å². The predicted octanol–water partition coefficient (Wildman–Crippen LogP) is 0.130. The highest BCUT2D eigenvalue weighted by Gasteiger charge is 2.34. The molecule has 5 nitrogen and oxygen atoms in total. The van der Waals surface area contributed by atoms with Crippen LogP contribution >= 0.6 is 0 Å². The Morgan fingerprint density at radius 2 is 2.24 bits per heavy atom. The van der Waals surface area contributed by atoms with Crippen LogP contribution in [0.4, 0.5) is 0 Å². The molecular weight excluding hydrogens is 220 g/mol. The van der Waals surface area contributed by atoms with E-state index in [1.807, 2.05) is 11.8 Å². The smallest absolute Gasteiger partial charge is 0.252 e. The number of hydrogen-bond acceptors (Lipinski definition) is 4. The molecule has 0 aliphatic carbocycles. The third kappa shape index (κ3) is 2.97. The summed E-state index contributed by atoms with van der Waals surface area (Å²) in [5.41, 5.74) is 5.60. The number of ether oxygens (including phenoxy) is 2. The highest BCUT2D eigenvalue weighted by Crippen LogP contribution is 2.19. The van der Waals surface area contributed by atoms with Crippen molar-refractivity contribution in [2.75, 3.05) is 26.3 Å². The first-order valence-corrected chi connectivity index (χ1v) is 6.46. The van der Waals surface area contributed by atoms with Crippen molar-refractivity contribution < 1.29 is 14.3 Å². The van der Waals surface area contributed by atoms with Crippen LogP contribution < -0.4 is 5.73 Å². The van der Waals surface area contributed by atoms with Crippen molar-refractivity contribution in [3.8, 4) is 0 Å². The van der Waals surface area contributed by atoms with Crippen LogP contribution in [0.15, 0.2) is 0 Å². The third-order valence-corrected chi connectivity index (χ3v) is 3.51. The van der Waals surface area contributed by atoms with Crippen molar-refractivity contribution in [2.45, 2.75) is 44.4 Å². The van der Waals surface area contributed by atoms with Crippen LogP contribution in [0.25, 0.3) is 0 Å². The number of morpholine rings is 1. The van der Waals surface area contributed by atoms with Crippen molar-refractivity contribution in [1.29, 1.82) is 0 Å². The monoisotopic (exact) mass is 242 g/mol. The zero-order valence-corrected chi connectivity index (χ0v) is 10.4. The summed E-state index contributed by atoms with van der Waals surface area (Å²) in [7, 11) is 0. The lowest BCUT2D eigenvalue weighted by atomic mass is 10.1. The summed E-state index contributed by atoms with van der Waals surface area (Å²) in [4.78, 5) is 14.2. The zero-order chi connectivity index (χ0) is 12.3. The van der Waals surface area contributed by atoms with E-state index < -0.39 is 0 Å². The van der Waals surface area contributed by atoms with Crippen LogP contribution in [0.2, 0.25) is 0 Å². The Morgan fingerprint density at radius 1 is 1.41 bits per heavy atom. The molecule has 1 amide bonds. The van der Waals surface area contributed by atoms with Crippen LogP contribution in [-0.2, 0) is 14.3 Å². The minimum atomic E-state index is -0.247. The molecule has 5 heteroatoms. The third-order valence-electron chi connectivity index (χ3n) is 3.51. The maximum Gasteiger partial charge on any atom is 0.252 e. The van der Waals surface area contributed by atoms with Gasteiger partial charge in [-0.3, -0.25) is 4.79 Å². The molecule has 98 valence electrons. The first-order chi connectivity index (χ1) is 8.22. The van der Waals surface area contributed by atoms with Gasteiger partial charge in [0.05, 0.1) is 18.8 Å². The van der Waals surface area contributed by atoms with Crippen molar-refractivity contribution >= 4 is 5.91 Å². The lowest BCUT2D eigenvalue weighted by molar-refractivity contribution is -0.158. The van der Waals surface area contributed by atoms with Gasteiger partial charge in [-0.05, 0) is 26.2 Å². The second kappa shape index (κ2) is 5.80. The van der Waals surface area contributed by atoms with Gasteiger partial charge in [0.15, 0.2) is 0 Å². The number of nitrogens with zero attached hydrogens (tertiary/aromatic N) is 1. The van der Waals surface area contributed by atoms with Crippen LogP contribution in [0.5, 0.6) is 0 Å². The first kappa shape index (κ1) is 12.8. The van der Waals surface area contributed by atoms with Crippen LogP contribution in [0.1, 0.15) is 26.2 Å². The van der Waals surface area contributed by atoms with Gasteiger partial charge in [-0.2, -0.15) is 0 Å². The Balaban J connectivity index is 1.95. The summed E-state index contributed by atoms with van der Waals surface area (Å²) in [6.45, 7) is 4.33. The molecule has 2 N–H and O–H groups in total. The van der Waals surface area contributed by atoms with E-state index in [4.69, 9.17) is 15.2 Å². The van der Waals surface area contributed by atoms with Crippen molar-refractivity contribution in [3.63, 3.8) is 0 Å². The van der Waals surface area contributed by atoms with Crippen LogP contribution in [0.3, 0.4) is 0 Å². The Kier molecular flexibility index (Phi) is 4.36. The average molecular weight is 242 g/mol. The molecule has 2 saturated heterocycles. The molecule has 2 heterocycles. The van der Waals surface area contributed by atoms with Gasteiger partial charge in [0, 0.05) is 19.7 Å². The number of carbonyl (C=O) groups excluding carboxylic acids is 1. The lowest BCUT2D eigenvalue weighted by Crippen LogP contribution is -2.56. The van der Waals surface area contributed by atoms with Gasteiger partial charge in [0.25, 0.3) is 5.91 Å². The number of amides is 1. The molecule has 3 atom stereocenters. The molecule has 0 saturated carbocycles. The molecule has 0 aromatic rings. The molecule has 2 fully saturated rings. The van der Waals surface area contributed by atoms with E-state index in [9.17, 15) is 4.79 Å². The SMILES string of the molecule is CC1COC(CN)CN1C(=O)C1CCCCO1. The maximum atomic E-state index is 12.3. The van der Waals surface area contributed by atoms with Gasteiger partial charge in [0.1, 0.15) is 6.10 Å². The summed E-state index contributed by atoms with van der Waals surface area (Å²) < 4.78 is 11.1. The Labute approximate surface area is 102 Å². The summed E-state index contributed by atoms with van der Waals surface area (Å²) in [5, 5.41) is 0. The molecule has 0 aromatic carbocycles. The molecular formula is C12H22N2O3. The van der Waals surface area contributed by atoms with Crippen molar-refractivity contribution in [2.24, 2.45) is 5.73 Å². The summed E-state index contributed by atoms with van der Waals surface area (Å²) in [6, 6.07) is 0.121. The molecule has 0 bridgehead atoms. The second-order valence-corrected chi connectivity index (χ2v) is 4.89. The zero-order valence-electron chi connectivity index (χ0n) is 10.4. The predicted molar refractivity (Wildman–Crippen MR) is 63.6 cm³/mol. The van der Waals surface area contributed by atoms with Gasteiger partial charge in [0.2, 0.25) is 0 Å². The molecule has 0 spiro atoms. The second-order valence-electron chi connectivity index (χ2n) is 4.89. The van der Waals surface area contributed by atoms with Gasteiger partial charge in [-0.15, -0.1) is 0 Å². The lowest BCUT2D eigenvalue weighted by Gasteiger charge is -2.39. The number of carbonyl (C=O) groups is 1. The average Bonchev–Trinajstić information content (AvgIpc) is 2.39. The quantitative estimate of drug-likeness (QED) is 0.747. The minimum Gasteiger partial charge on any atom is -0.373 e. The minimum absolute atomic E-state index is 0.0289. The number of rotatable bonds is 2. The molecule has 2 aliphatic heterocycles. The van der Waals surface area contributed by atoms with Crippen LogP contribution in [0, 0.1) is 0 Å². The highest BCUT2D eigenvalue weighted by molar-refractivity contribution is 5.81. The van der Waals surface area contributed by atoms with Gasteiger partial charge >= 0.3 is 0 Å². The Bertz CT molecular complexity index is 266. The highest BCUT2D eigenvalue weighted by atomic mass is 16.5. The molecule has 2 rings (SSSR count). The molecule has 0 radical (unpaired) electrons. The van der Waals surface area contributed by atoms with E-state index in [1.165, 1.54) is 0 Å². The standard InChI is InChI=1S/C12H22N2O3/c1-9-8-17-10(6-13)7-14(9)12(15)11-4-2-3-5-16-11/h9-11H,2-8,13H2,1H3. The van der Waals surface area contributed by atoms with Gasteiger partial charge in [-0.25, -0.2) is 0 Å². The fourth-order valence-electron chi connectivity index (χ4n) is 2.39. The maximum absolute atomic E-state index is 12.3. The summed E-state index contributed by atoms with van der Waals surface area (Å²) in [5.74, 6) is 0.110. The molecule has 17 heavy (non-hydrogen) atoms.